The Balaban J connectivity index is 1.49. The van der Waals surface area contributed by atoms with Crippen molar-refractivity contribution >= 4 is 17.9 Å². The molecule has 3 rings (SSSR count). The fourth-order valence-corrected chi connectivity index (χ4v) is 3.28. The Hall–Kier alpha value is -4.00. The Bertz CT molecular complexity index is 1090. The van der Waals surface area contributed by atoms with Crippen molar-refractivity contribution in [2.24, 2.45) is 5.10 Å². The zero-order chi connectivity index (χ0) is 24.9. The molecule has 1 atom stereocenters. The predicted molar refractivity (Wildman–Crippen MR) is 140 cm³/mol. The normalized spacial score (nSPS) is 11.6. The highest BCUT2D eigenvalue weighted by Crippen LogP contribution is 2.28. The zero-order valence-corrected chi connectivity index (χ0v) is 20.5. The first kappa shape index (κ1) is 25.6. The Morgan fingerprint density at radius 1 is 0.914 bits per heavy atom. The van der Waals surface area contributed by atoms with Gasteiger partial charge >= 0.3 is 6.03 Å². The number of hydrogen-bond donors (Lipinski definition) is 2. The van der Waals surface area contributed by atoms with Crippen LogP contribution in [0.25, 0.3) is 0 Å². The van der Waals surface area contributed by atoms with E-state index in [9.17, 15) is 4.79 Å². The summed E-state index contributed by atoms with van der Waals surface area (Å²) in [5.74, 6) is 2.58. The fourth-order valence-electron chi connectivity index (χ4n) is 3.28. The molecule has 0 aliphatic heterocycles. The van der Waals surface area contributed by atoms with E-state index in [4.69, 9.17) is 14.2 Å². The van der Waals surface area contributed by atoms with Gasteiger partial charge in [0.25, 0.3) is 0 Å². The van der Waals surface area contributed by atoms with Crippen molar-refractivity contribution in [3.63, 3.8) is 0 Å². The standard InChI is InChI=1S/C28H33N3O4/c1-4-21(3)23-12-14-25(15-13-23)34-17-18-35-26-16-11-22(19-27(26)33-5-2)20-29-31-28(32)30-24-9-7-6-8-10-24/h6-16,19-21H,4-5,17-18H2,1-3H3,(H2,30,31,32). The van der Waals surface area contributed by atoms with E-state index in [0.717, 1.165) is 17.7 Å². The minimum atomic E-state index is -0.424. The summed E-state index contributed by atoms with van der Waals surface area (Å²) in [4.78, 5) is 11.9. The molecule has 0 fully saturated rings. The van der Waals surface area contributed by atoms with E-state index in [1.54, 1.807) is 18.3 Å². The molecule has 0 spiro atoms. The SMILES string of the molecule is CCOc1cc(C=NNC(=O)Nc2ccccc2)ccc1OCCOc1ccc(C(C)CC)cc1. The van der Waals surface area contributed by atoms with Gasteiger partial charge in [0.2, 0.25) is 0 Å². The predicted octanol–water partition coefficient (Wildman–Crippen LogP) is 6.21. The lowest BCUT2D eigenvalue weighted by molar-refractivity contribution is 0.208. The Labute approximate surface area is 207 Å². The van der Waals surface area contributed by atoms with Crippen molar-refractivity contribution in [2.45, 2.75) is 33.1 Å². The highest BCUT2D eigenvalue weighted by Gasteiger charge is 2.07. The lowest BCUT2D eigenvalue weighted by Crippen LogP contribution is -2.24. The number of amides is 2. The maximum absolute atomic E-state index is 11.9. The molecule has 0 aliphatic rings. The second kappa shape index (κ2) is 13.6. The van der Waals surface area contributed by atoms with Crippen LogP contribution in [-0.2, 0) is 0 Å². The monoisotopic (exact) mass is 475 g/mol. The summed E-state index contributed by atoms with van der Waals surface area (Å²) in [6.07, 6.45) is 2.66. The molecule has 35 heavy (non-hydrogen) atoms. The quantitative estimate of drug-likeness (QED) is 0.185. The van der Waals surface area contributed by atoms with Gasteiger partial charge in [0.05, 0.1) is 12.8 Å². The van der Waals surface area contributed by atoms with E-state index in [1.165, 1.54) is 5.56 Å². The number of urea groups is 1. The van der Waals surface area contributed by atoms with Crippen molar-refractivity contribution in [3.8, 4) is 17.2 Å². The van der Waals surface area contributed by atoms with Gasteiger partial charge in [-0.25, -0.2) is 10.2 Å². The van der Waals surface area contributed by atoms with Crippen LogP contribution in [0.1, 0.15) is 44.2 Å². The minimum Gasteiger partial charge on any atom is -0.490 e. The van der Waals surface area contributed by atoms with Gasteiger partial charge in [0, 0.05) is 5.69 Å². The molecule has 7 heteroatoms. The first-order valence-corrected chi connectivity index (χ1v) is 11.9. The van der Waals surface area contributed by atoms with Crippen molar-refractivity contribution in [2.75, 3.05) is 25.1 Å². The van der Waals surface area contributed by atoms with Gasteiger partial charge in [-0.2, -0.15) is 5.10 Å². The van der Waals surface area contributed by atoms with Crippen LogP contribution in [0.15, 0.2) is 77.9 Å². The first-order valence-electron chi connectivity index (χ1n) is 11.9. The summed E-state index contributed by atoms with van der Waals surface area (Å²) in [5.41, 5.74) is 5.21. The molecule has 0 saturated carbocycles. The average molecular weight is 476 g/mol. The van der Waals surface area contributed by atoms with Gasteiger partial charge in [-0.05, 0) is 72.9 Å². The van der Waals surface area contributed by atoms with Crippen molar-refractivity contribution in [3.05, 3.63) is 83.9 Å². The molecular formula is C28H33N3O4. The van der Waals surface area contributed by atoms with Crippen molar-refractivity contribution < 1.29 is 19.0 Å². The van der Waals surface area contributed by atoms with E-state index in [-0.39, 0.29) is 0 Å². The third kappa shape index (κ3) is 8.37. The van der Waals surface area contributed by atoms with E-state index in [0.29, 0.717) is 42.9 Å². The van der Waals surface area contributed by atoms with E-state index >= 15 is 0 Å². The van der Waals surface area contributed by atoms with Gasteiger partial charge in [-0.3, -0.25) is 0 Å². The molecule has 0 saturated heterocycles. The zero-order valence-electron chi connectivity index (χ0n) is 20.5. The molecule has 3 aromatic rings. The molecule has 0 bridgehead atoms. The summed E-state index contributed by atoms with van der Waals surface area (Å²) in [6, 6.07) is 22.4. The number of carbonyl (C=O) groups is 1. The molecule has 3 aromatic carbocycles. The molecule has 2 N–H and O–H groups in total. The molecule has 1 unspecified atom stereocenters. The Morgan fingerprint density at radius 3 is 2.37 bits per heavy atom. The molecule has 7 nitrogen and oxygen atoms in total. The Kier molecular flexibility index (Phi) is 9.99. The summed E-state index contributed by atoms with van der Waals surface area (Å²) in [7, 11) is 0. The van der Waals surface area contributed by atoms with Gasteiger partial charge in [0.1, 0.15) is 19.0 Å². The van der Waals surface area contributed by atoms with Gasteiger partial charge in [-0.1, -0.05) is 44.2 Å². The van der Waals surface area contributed by atoms with Crippen LogP contribution < -0.4 is 25.0 Å². The number of carbonyl (C=O) groups excluding carboxylic acids is 1. The number of hydrazone groups is 1. The van der Waals surface area contributed by atoms with E-state index in [2.05, 4.69) is 41.8 Å². The molecule has 184 valence electrons. The smallest absolute Gasteiger partial charge is 0.339 e. The lowest BCUT2D eigenvalue weighted by atomic mass is 9.99. The number of para-hydroxylation sites is 1. The number of hydrogen-bond acceptors (Lipinski definition) is 5. The van der Waals surface area contributed by atoms with E-state index in [1.807, 2.05) is 55.5 Å². The third-order valence-corrected chi connectivity index (χ3v) is 5.35. The van der Waals surface area contributed by atoms with Gasteiger partial charge < -0.3 is 19.5 Å². The maximum Gasteiger partial charge on any atom is 0.339 e. The highest BCUT2D eigenvalue weighted by molar-refractivity contribution is 5.90. The fraction of sp³-hybridized carbons (Fsp3) is 0.286. The maximum atomic E-state index is 11.9. The van der Waals surface area contributed by atoms with Crippen LogP contribution in [0.2, 0.25) is 0 Å². The topological polar surface area (TPSA) is 81.2 Å². The summed E-state index contributed by atoms with van der Waals surface area (Å²) < 4.78 is 17.4. The molecular weight excluding hydrogens is 442 g/mol. The van der Waals surface area contributed by atoms with Crippen molar-refractivity contribution in [1.29, 1.82) is 0 Å². The number of rotatable bonds is 12. The van der Waals surface area contributed by atoms with Crippen LogP contribution in [-0.4, -0.2) is 32.1 Å². The number of anilines is 1. The molecule has 0 heterocycles. The van der Waals surface area contributed by atoms with Crippen molar-refractivity contribution in [1.82, 2.24) is 5.43 Å². The third-order valence-electron chi connectivity index (χ3n) is 5.35. The summed E-state index contributed by atoms with van der Waals surface area (Å²) in [6.45, 7) is 7.60. The van der Waals surface area contributed by atoms with Crippen LogP contribution in [0, 0.1) is 0 Å². The number of benzene rings is 3. The Morgan fingerprint density at radius 2 is 1.66 bits per heavy atom. The summed E-state index contributed by atoms with van der Waals surface area (Å²) >= 11 is 0. The number of ether oxygens (including phenoxy) is 3. The average Bonchev–Trinajstić information content (AvgIpc) is 2.88. The first-order chi connectivity index (χ1) is 17.1. The molecule has 0 aliphatic carbocycles. The lowest BCUT2D eigenvalue weighted by Gasteiger charge is -2.14. The largest absolute Gasteiger partial charge is 0.490 e. The van der Waals surface area contributed by atoms with Crippen LogP contribution in [0.4, 0.5) is 10.5 Å². The minimum absolute atomic E-state index is 0.377. The number of nitrogens with zero attached hydrogens (tertiary/aromatic N) is 1. The van der Waals surface area contributed by atoms with Gasteiger partial charge in [0.15, 0.2) is 11.5 Å². The number of nitrogens with one attached hydrogen (secondary N) is 2. The second-order valence-corrected chi connectivity index (χ2v) is 7.90. The molecule has 2 amide bonds. The second-order valence-electron chi connectivity index (χ2n) is 7.90. The van der Waals surface area contributed by atoms with Crippen LogP contribution in [0.5, 0.6) is 17.2 Å². The van der Waals surface area contributed by atoms with Crippen LogP contribution in [0.3, 0.4) is 0 Å². The van der Waals surface area contributed by atoms with E-state index < -0.39 is 6.03 Å². The molecule has 0 aromatic heterocycles. The van der Waals surface area contributed by atoms with Gasteiger partial charge in [-0.15, -0.1) is 0 Å². The highest BCUT2D eigenvalue weighted by atomic mass is 16.5. The van der Waals surface area contributed by atoms with Crippen LogP contribution >= 0.6 is 0 Å². The summed E-state index contributed by atoms with van der Waals surface area (Å²) in [5, 5.41) is 6.70. The molecule has 0 radical (unpaired) electrons.